The fourth-order valence-electron chi connectivity index (χ4n) is 0.658. The molecule has 0 fully saturated rings. The van der Waals surface area contributed by atoms with E-state index in [1.165, 1.54) is 0 Å². The number of carbonyl (C=O) groups excluding carboxylic acids is 1. The predicted molar refractivity (Wildman–Crippen MR) is 56.0 cm³/mol. The largest absolute Gasteiger partial charge is 0.395 e. The lowest BCUT2D eigenvalue weighted by Gasteiger charge is -2.08. The zero-order chi connectivity index (χ0) is 10.1. The highest BCUT2D eigenvalue weighted by Gasteiger charge is 1.99. The van der Waals surface area contributed by atoms with Gasteiger partial charge in [0.2, 0.25) is 5.91 Å². The summed E-state index contributed by atoms with van der Waals surface area (Å²) in [5, 5.41) is 11.0. The molecule has 0 aromatic rings. The molecule has 0 heterocycles. The van der Waals surface area contributed by atoms with E-state index in [0.717, 1.165) is 12.3 Å². The number of aliphatic hydroxyl groups excluding tert-OH is 1. The highest BCUT2D eigenvalue weighted by atomic mass is 32.2. The summed E-state index contributed by atoms with van der Waals surface area (Å²) in [4.78, 5) is 13.1. The van der Waals surface area contributed by atoms with Gasteiger partial charge >= 0.3 is 0 Å². The van der Waals surface area contributed by atoms with E-state index in [2.05, 4.69) is 10.2 Å². The molecule has 0 aliphatic rings. The minimum Gasteiger partial charge on any atom is -0.395 e. The molecule has 5 heteroatoms. The Balaban J connectivity index is 3.17. The maximum atomic E-state index is 11.0. The second-order valence-electron chi connectivity index (χ2n) is 2.93. The van der Waals surface area contributed by atoms with Crippen molar-refractivity contribution in [3.8, 4) is 0 Å². The van der Waals surface area contributed by atoms with Gasteiger partial charge in [0.05, 0.1) is 12.4 Å². The molecular formula is C8H18N2O2S. The van der Waals surface area contributed by atoms with Crippen LogP contribution in [-0.4, -0.2) is 61.2 Å². The highest BCUT2D eigenvalue weighted by molar-refractivity contribution is 7.99. The minimum atomic E-state index is -0.00203. The lowest BCUT2D eigenvalue weighted by atomic mass is 10.6. The molecule has 0 aliphatic heterocycles. The Morgan fingerprint density at radius 1 is 1.54 bits per heavy atom. The third-order valence-electron chi connectivity index (χ3n) is 1.35. The van der Waals surface area contributed by atoms with E-state index in [0.29, 0.717) is 12.3 Å². The SMILES string of the molecule is CN(C)CCSCC(=O)NCCO. The summed E-state index contributed by atoms with van der Waals surface area (Å²) in [6, 6.07) is 0. The van der Waals surface area contributed by atoms with E-state index in [1.54, 1.807) is 11.8 Å². The van der Waals surface area contributed by atoms with E-state index >= 15 is 0 Å². The number of rotatable bonds is 7. The first kappa shape index (κ1) is 12.7. The van der Waals surface area contributed by atoms with Gasteiger partial charge in [0.1, 0.15) is 0 Å². The topological polar surface area (TPSA) is 52.6 Å². The average molecular weight is 206 g/mol. The lowest BCUT2D eigenvalue weighted by Crippen LogP contribution is -2.28. The van der Waals surface area contributed by atoms with Crippen molar-refractivity contribution in [2.75, 3.05) is 45.3 Å². The van der Waals surface area contributed by atoms with E-state index in [-0.39, 0.29) is 12.5 Å². The van der Waals surface area contributed by atoms with Crippen molar-refractivity contribution < 1.29 is 9.90 Å². The van der Waals surface area contributed by atoms with Crippen LogP contribution in [0.2, 0.25) is 0 Å². The van der Waals surface area contributed by atoms with Crippen molar-refractivity contribution >= 4 is 17.7 Å². The van der Waals surface area contributed by atoms with Crippen molar-refractivity contribution in [1.29, 1.82) is 0 Å². The van der Waals surface area contributed by atoms with Crippen LogP contribution in [0.3, 0.4) is 0 Å². The van der Waals surface area contributed by atoms with Gasteiger partial charge in [-0.2, -0.15) is 11.8 Å². The Bertz CT molecular complexity index is 142. The molecule has 0 saturated heterocycles. The van der Waals surface area contributed by atoms with Crippen LogP contribution in [0.15, 0.2) is 0 Å². The van der Waals surface area contributed by atoms with Crippen LogP contribution >= 0.6 is 11.8 Å². The number of amides is 1. The van der Waals surface area contributed by atoms with Crippen molar-refractivity contribution in [3.63, 3.8) is 0 Å². The molecule has 0 bridgehead atoms. The molecule has 4 nitrogen and oxygen atoms in total. The first-order valence-corrected chi connectivity index (χ1v) is 5.42. The average Bonchev–Trinajstić information content (AvgIpc) is 2.08. The second-order valence-corrected chi connectivity index (χ2v) is 4.03. The monoisotopic (exact) mass is 206 g/mol. The van der Waals surface area contributed by atoms with Crippen molar-refractivity contribution in [2.45, 2.75) is 0 Å². The summed E-state index contributed by atoms with van der Waals surface area (Å²) in [7, 11) is 4.01. The van der Waals surface area contributed by atoms with Gasteiger partial charge in [-0.1, -0.05) is 0 Å². The third kappa shape index (κ3) is 9.66. The quantitative estimate of drug-likeness (QED) is 0.546. The molecule has 0 aliphatic carbocycles. The second kappa shape index (κ2) is 8.34. The van der Waals surface area contributed by atoms with Gasteiger partial charge in [0.25, 0.3) is 0 Å². The molecule has 0 saturated carbocycles. The molecule has 0 aromatic carbocycles. The summed E-state index contributed by atoms with van der Waals surface area (Å²) >= 11 is 1.60. The molecule has 0 radical (unpaired) electrons. The van der Waals surface area contributed by atoms with Crippen LogP contribution in [0.5, 0.6) is 0 Å². The normalized spacial score (nSPS) is 10.5. The molecule has 0 rings (SSSR count). The molecule has 2 N–H and O–H groups in total. The molecule has 0 unspecified atom stereocenters. The van der Waals surface area contributed by atoms with Crippen molar-refractivity contribution in [1.82, 2.24) is 10.2 Å². The van der Waals surface area contributed by atoms with Gasteiger partial charge in [-0.25, -0.2) is 0 Å². The van der Waals surface area contributed by atoms with Crippen LogP contribution in [0.25, 0.3) is 0 Å². The Labute approximate surface area is 83.7 Å². The number of nitrogens with one attached hydrogen (secondary N) is 1. The summed E-state index contributed by atoms with van der Waals surface area (Å²) in [6.07, 6.45) is 0. The van der Waals surface area contributed by atoms with Crippen LogP contribution in [0.1, 0.15) is 0 Å². The maximum absolute atomic E-state index is 11.0. The fourth-order valence-corrected chi connectivity index (χ4v) is 1.58. The number of carbonyl (C=O) groups is 1. The Morgan fingerprint density at radius 2 is 2.23 bits per heavy atom. The van der Waals surface area contributed by atoms with Crippen LogP contribution < -0.4 is 5.32 Å². The third-order valence-corrected chi connectivity index (χ3v) is 2.29. The van der Waals surface area contributed by atoms with Gasteiger partial charge in [0, 0.05) is 18.8 Å². The number of nitrogens with zero attached hydrogens (tertiary/aromatic N) is 1. The van der Waals surface area contributed by atoms with Gasteiger partial charge in [0.15, 0.2) is 0 Å². The minimum absolute atomic E-state index is 0.00203. The highest BCUT2D eigenvalue weighted by Crippen LogP contribution is 1.98. The number of hydrogen-bond acceptors (Lipinski definition) is 4. The molecule has 78 valence electrons. The van der Waals surface area contributed by atoms with E-state index in [1.807, 2.05) is 14.1 Å². The number of hydrogen-bond donors (Lipinski definition) is 2. The van der Waals surface area contributed by atoms with Gasteiger partial charge < -0.3 is 15.3 Å². The standard InChI is InChI=1S/C8H18N2O2S/c1-10(2)4-6-13-7-8(12)9-3-5-11/h11H,3-7H2,1-2H3,(H,9,12). The first-order valence-electron chi connectivity index (χ1n) is 4.27. The predicted octanol–water partition coefficient (Wildman–Crippen LogP) is -0.610. The zero-order valence-corrected chi connectivity index (χ0v) is 9.06. The molecule has 0 aromatic heterocycles. The summed E-state index contributed by atoms with van der Waals surface area (Å²) < 4.78 is 0. The molecule has 1 amide bonds. The smallest absolute Gasteiger partial charge is 0.230 e. The Kier molecular flexibility index (Phi) is 8.18. The number of aliphatic hydroxyl groups is 1. The fraction of sp³-hybridized carbons (Fsp3) is 0.875. The van der Waals surface area contributed by atoms with Crippen LogP contribution in [0.4, 0.5) is 0 Å². The van der Waals surface area contributed by atoms with Crippen molar-refractivity contribution in [2.24, 2.45) is 0 Å². The Hall–Kier alpha value is -0.260. The van der Waals surface area contributed by atoms with Gasteiger partial charge in [-0.3, -0.25) is 4.79 Å². The summed E-state index contributed by atoms with van der Waals surface area (Å²) in [5.74, 6) is 1.44. The lowest BCUT2D eigenvalue weighted by molar-refractivity contribution is -0.118. The molecule has 0 spiro atoms. The molecular weight excluding hydrogens is 188 g/mol. The van der Waals surface area contributed by atoms with Crippen molar-refractivity contribution in [3.05, 3.63) is 0 Å². The van der Waals surface area contributed by atoms with Gasteiger partial charge in [-0.15, -0.1) is 0 Å². The first-order chi connectivity index (χ1) is 6.16. The molecule has 13 heavy (non-hydrogen) atoms. The summed E-state index contributed by atoms with van der Waals surface area (Å²) in [6.45, 7) is 1.35. The van der Waals surface area contributed by atoms with E-state index in [9.17, 15) is 4.79 Å². The number of thioether (sulfide) groups is 1. The van der Waals surface area contributed by atoms with E-state index in [4.69, 9.17) is 5.11 Å². The maximum Gasteiger partial charge on any atom is 0.230 e. The van der Waals surface area contributed by atoms with Crippen LogP contribution in [-0.2, 0) is 4.79 Å². The zero-order valence-electron chi connectivity index (χ0n) is 8.25. The van der Waals surface area contributed by atoms with E-state index < -0.39 is 0 Å². The molecule has 0 atom stereocenters. The van der Waals surface area contributed by atoms with Gasteiger partial charge in [-0.05, 0) is 14.1 Å². The summed E-state index contributed by atoms with van der Waals surface area (Å²) in [5.41, 5.74) is 0. The Morgan fingerprint density at radius 3 is 2.77 bits per heavy atom. The van der Waals surface area contributed by atoms with Crippen LogP contribution in [0, 0.1) is 0 Å².